The van der Waals surface area contributed by atoms with Gasteiger partial charge >= 0.3 is 5.97 Å². The van der Waals surface area contributed by atoms with Crippen molar-refractivity contribution in [2.24, 2.45) is 0 Å². The van der Waals surface area contributed by atoms with Crippen LogP contribution in [0.25, 0.3) is 10.6 Å². The van der Waals surface area contributed by atoms with E-state index in [2.05, 4.69) is 4.98 Å². The summed E-state index contributed by atoms with van der Waals surface area (Å²) in [6.07, 6.45) is 2.38. The van der Waals surface area contributed by atoms with Crippen LogP contribution in [0, 0.1) is 11.6 Å². The number of thiazole rings is 1. The summed E-state index contributed by atoms with van der Waals surface area (Å²) in [5, 5.41) is 2.22. The fraction of sp³-hybridized carbons (Fsp3) is 0.412. The maximum Gasteiger partial charge on any atom is 0.303 e. The number of rotatable bonds is 5. The molecule has 0 radical (unpaired) electrons. The second-order valence-corrected chi connectivity index (χ2v) is 6.62. The summed E-state index contributed by atoms with van der Waals surface area (Å²) in [5.74, 6) is -1.65. The Balaban J connectivity index is 1.83. The normalized spacial score (nSPS) is 15.7. The third kappa shape index (κ3) is 3.56. The van der Waals surface area contributed by atoms with Crippen LogP contribution in [0.2, 0.25) is 0 Å². The first-order valence-corrected chi connectivity index (χ1v) is 8.60. The minimum absolute atomic E-state index is 0.195. The molecule has 128 valence electrons. The van der Waals surface area contributed by atoms with Crippen molar-refractivity contribution in [1.82, 2.24) is 4.98 Å². The molecule has 4 nitrogen and oxygen atoms in total. The van der Waals surface area contributed by atoms with Gasteiger partial charge in [-0.1, -0.05) is 0 Å². The molecule has 1 aromatic heterocycles. The van der Waals surface area contributed by atoms with E-state index in [1.807, 2.05) is 0 Å². The Kier molecular flexibility index (Phi) is 4.80. The zero-order chi connectivity index (χ0) is 17.3. The van der Waals surface area contributed by atoms with Crippen LogP contribution in [0.5, 0.6) is 5.88 Å². The molecule has 1 aromatic carbocycles. The Morgan fingerprint density at radius 3 is 2.54 bits per heavy atom. The van der Waals surface area contributed by atoms with Gasteiger partial charge in [0, 0.05) is 12.5 Å². The maximum atomic E-state index is 14.3. The fourth-order valence-electron chi connectivity index (χ4n) is 2.51. The van der Waals surface area contributed by atoms with Gasteiger partial charge < -0.3 is 9.47 Å². The van der Waals surface area contributed by atoms with Gasteiger partial charge in [-0.3, -0.25) is 4.79 Å². The van der Waals surface area contributed by atoms with E-state index < -0.39 is 23.7 Å². The summed E-state index contributed by atoms with van der Waals surface area (Å²) in [6, 6.07) is 2.40. The largest absolute Gasteiger partial charge is 0.474 e. The van der Waals surface area contributed by atoms with Crippen LogP contribution in [0.3, 0.4) is 0 Å². The molecule has 0 bridgehead atoms. The molecule has 0 aliphatic heterocycles. The lowest BCUT2D eigenvalue weighted by Crippen LogP contribution is -2.24. The number of hydrogen-bond donors (Lipinski definition) is 0. The number of nitrogens with zero attached hydrogens (tertiary/aromatic N) is 1. The lowest BCUT2D eigenvalue weighted by atomic mass is 9.96. The molecule has 1 aliphatic rings. The molecular formula is C17H17F2NO3S. The summed E-state index contributed by atoms with van der Waals surface area (Å²) in [4.78, 5) is 15.3. The SMILES string of the molecule is CC(=O)OC(C)c1c(F)cc(-c2nc(OC3CCC3)cs2)cc1F. The number of carbonyl (C=O) groups is 1. The van der Waals surface area contributed by atoms with Crippen molar-refractivity contribution in [2.45, 2.75) is 45.3 Å². The van der Waals surface area contributed by atoms with Crippen molar-refractivity contribution in [2.75, 3.05) is 0 Å². The highest BCUT2D eigenvalue weighted by Crippen LogP contribution is 2.33. The van der Waals surface area contributed by atoms with Gasteiger partial charge in [-0.15, -0.1) is 11.3 Å². The van der Waals surface area contributed by atoms with Crippen LogP contribution in [-0.4, -0.2) is 17.1 Å². The van der Waals surface area contributed by atoms with Gasteiger partial charge in [0.2, 0.25) is 5.88 Å². The quantitative estimate of drug-likeness (QED) is 0.735. The minimum Gasteiger partial charge on any atom is -0.474 e. The molecule has 2 aromatic rings. The Morgan fingerprint density at radius 1 is 1.33 bits per heavy atom. The molecule has 3 rings (SSSR count). The van der Waals surface area contributed by atoms with Gasteiger partial charge in [-0.2, -0.15) is 0 Å². The Bertz CT molecular complexity index is 735. The Hall–Kier alpha value is -2.02. The third-order valence-electron chi connectivity index (χ3n) is 3.90. The van der Waals surface area contributed by atoms with Gasteiger partial charge in [0.15, 0.2) is 0 Å². The minimum atomic E-state index is -0.995. The van der Waals surface area contributed by atoms with Crippen molar-refractivity contribution >= 4 is 17.3 Å². The van der Waals surface area contributed by atoms with E-state index in [9.17, 15) is 13.6 Å². The molecule has 1 fully saturated rings. The molecule has 1 saturated carbocycles. The van der Waals surface area contributed by atoms with Crippen molar-refractivity contribution in [3.05, 3.63) is 34.7 Å². The predicted octanol–water partition coefficient (Wildman–Crippen LogP) is 4.64. The molecule has 7 heteroatoms. The first-order chi connectivity index (χ1) is 11.4. The van der Waals surface area contributed by atoms with E-state index in [1.54, 1.807) is 5.38 Å². The molecular weight excluding hydrogens is 336 g/mol. The van der Waals surface area contributed by atoms with E-state index in [1.165, 1.54) is 37.3 Å². The Labute approximate surface area is 142 Å². The topological polar surface area (TPSA) is 48.4 Å². The molecule has 0 N–H and O–H groups in total. The highest BCUT2D eigenvalue weighted by atomic mass is 32.1. The molecule has 1 atom stereocenters. The van der Waals surface area contributed by atoms with Crippen LogP contribution >= 0.6 is 11.3 Å². The van der Waals surface area contributed by atoms with Gasteiger partial charge in [0.05, 0.1) is 10.9 Å². The summed E-state index contributed by atoms with van der Waals surface area (Å²) >= 11 is 1.27. The summed E-state index contributed by atoms with van der Waals surface area (Å²) in [7, 11) is 0. The van der Waals surface area contributed by atoms with Crippen LogP contribution < -0.4 is 4.74 Å². The number of carbonyl (C=O) groups excluding carboxylic acids is 1. The molecule has 0 spiro atoms. The van der Waals surface area contributed by atoms with Crippen molar-refractivity contribution in [3.63, 3.8) is 0 Å². The number of hydrogen-bond acceptors (Lipinski definition) is 5. The van der Waals surface area contributed by atoms with E-state index in [-0.39, 0.29) is 11.7 Å². The highest BCUT2D eigenvalue weighted by Gasteiger charge is 2.23. The second kappa shape index (κ2) is 6.84. The van der Waals surface area contributed by atoms with Crippen molar-refractivity contribution in [3.8, 4) is 16.5 Å². The van der Waals surface area contributed by atoms with Gasteiger partial charge in [0.1, 0.15) is 28.8 Å². The van der Waals surface area contributed by atoms with E-state index in [0.29, 0.717) is 16.5 Å². The molecule has 1 heterocycles. The monoisotopic (exact) mass is 353 g/mol. The smallest absolute Gasteiger partial charge is 0.303 e. The first kappa shape index (κ1) is 16.8. The molecule has 1 aliphatic carbocycles. The summed E-state index contributed by atoms with van der Waals surface area (Å²) in [5.41, 5.74) is 0.0636. The lowest BCUT2D eigenvalue weighted by Gasteiger charge is -2.24. The zero-order valence-corrected chi connectivity index (χ0v) is 14.2. The number of aromatic nitrogens is 1. The predicted molar refractivity (Wildman–Crippen MR) is 85.9 cm³/mol. The summed E-state index contributed by atoms with van der Waals surface area (Å²) < 4.78 is 39.1. The fourth-order valence-corrected chi connectivity index (χ4v) is 3.23. The van der Waals surface area contributed by atoms with Gasteiger partial charge in [-0.25, -0.2) is 13.8 Å². The highest BCUT2D eigenvalue weighted by molar-refractivity contribution is 7.13. The van der Waals surface area contributed by atoms with Crippen LogP contribution in [0.1, 0.15) is 44.8 Å². The number of halogens is 2. The maximum absolute atomic E-state index is 14.3. The summed E-state index contributed by atoms with van der Waals surface area (Å²) in [6.45, 7) is 2.62. The van der Waals surface area contributed by atoms with E-state index in [4.69, 9.17) is 9.47 Å². The van der Waals surface area contributed by atoms with Crippen LogP contribution in [0.4, 0.5) is 8.78 Å². The molecule has 0 saturated heterocycles. The first-order valence-electron chi connectivity index (χ1n) is 7.72. The second-order valence-electron chi connectivity index (χ2n) is 5.77. The zero-order valence-electron chi connectivity index (χ0n) is 13.3. The van der Waals surface area contributed by atoms with Crippen LogP contribution in [0.15, 0.2) is 17.5 Å². The van der Waals surface area contributed by atoms with Gasteiger partial charge in [0.25, 0.3) is 0 Å². The van der Waals surface area contributed by atoms with E-state index in [0.717, 1.165) is 19.3 Å². The Morgan fingerprint density at radius 2 is 2.00 bits per heavy atom. The van der Waals surface area contributed by atoms with Gasteiger partial charge in [-0.05, 0) is 38.3 Å². The molecule has 24 heavy (non-hydrogen) atoms. The van der Waals surface area contributed by atoms with Crippen molar-refractivity contribution in [1.29, 1.82) is 0 Å². The van der Waals surface area contributed by atoms with Crippen molar-refractivity contribution < 1.29 is 23.0 Å². The molecule has 1 unspecified atom stereocenters. The third-order valence-corrected chi connectivity index (χ3v) is 4.77. The van der Waals surface area contributed by atoms with E-state index >= 15 is 0 Å². The number of esters is 1. The molecule has 0 amide bonds. The standard InChI is InChI=1S/C17H17F2NO3S/c1-9(22-10(2)21)16-13(18)6-11(7-14(16)19)17-20-15(8-24-17)23-12-4-3-5-12/h6-9,12H,3-5H2,1-2H3. The number of ether oxygens (including phenoxy) is 2. The number of benzene rings is 1. The van der Waals surface area contributed by atoms with Crippen LogP contribution in [-0.2, 0) is 9.53 Å². The average molecular weight is 353 g/mol. The average Bonchev–Trinajstić information content (AvgIpc) is 2.90. The lowest BCUT2D eigenvalue weighted by molar-refractivity contribution is -0.146.